The molecule has 0 aliphatic carbocycles. The second kappa shape index (κ2) is 5.16. The molecule has 0 saturated carbocycles. The van der Waals surface area contributed by atoms with Gasteiger partial charge in [-0.2, -0.15) is 5.10 Å². The van der Waals surface area contributed by atoms with Crippen LogP contribution in [-0.4, -0.2) is 25.3 Å². The van der Waals surface area contributed by atoms with Crippen molar-refractivity contribution in [2.45, 2.75) is 37.8 Å². The summed E-state index contributed by atoms with van der Waals surface area (Å²) in [6.07, 6.45) is 2.11. The first-order chi connectivity index (χ1) is 7.41. The first-order valence-electron chi connectivity index (χ1n) is 4.91. The van der Waals surface area contributed by atoms with Gasteiger partial charge in [0.15, 0.2) is 0 Å². The van der Waals surface area contributed by atoms with Crippen molar-refractivity contribution in [1.82, 2.24) is 9.78 Å². The number of ether oxygens (including phenoxy) is 1. The Bertz CT molecular complexity index is 455. The zero-order valence-electron chi connectivity index (χ0n) is 9.47. The van der Waals surface area contributed by atoms with Crippen molar-refractivity contribution in [3.05, 3.63) is 11.9 Å². The summed E-state index contributed by atoms with van der Waals surface area (Å²) in [6, 6.07) is 0.109. The van der Waals surface area contributed by atoms with E-state index in [0.717, 1.165) is 6.42 Å². The molecule has 0 fully saturated rings. The third-order valence-electron chi connectivity index (χ3n) is 2.41. The van der Waals surface area contributed by atoms with Crippen molar-refractivity contribution < 1.29 is 13.2 Å². The minimum absolute atomic E-state index is 0.0244. The highest BCUT2D eigenvalue weighted by atomic mass is 35.7. The molecule has 1 heterocycles. The predicted octanol–water partition coefficient (Wildman–Crippen LogP) is 1.93. The third kappa shape index (κ3) is 2.75. The molecule has 1 rings (SSSR count). The van der Waals surface area contributed by atoms with Crippen molar-refractivity contribution in [1.29, 1.82) is 0 Å². The van der Waals surface area contributed by atoms with Crippen LogP contribution in [-0.2, 0) is 20.4 Å². The van der Waals surface area contributed by atoms with E-state index in [1.807, 2.05) is 13.8 Å². The van der Waals surface area contributed by atoms with Crippen LogP contribution < -0.4 is 0 Å². The fourth-order valence-corrected chi connectivity index (χ4v) is 2.40. The molecule has 7 heteroatoms. The molecule has 16 heavy (non-hydrogen) atoms. The van der Waals surface area contributed by atoms with E-state index < -0.39 is 9.05 Å². The quantitative estimate of drug-likeness (QED) is 0.764. The van der Waals surface area contributed by atoms with E-state index in [1.54, 1.807) is 4.68 Å². The topological polar surface area (TPSA) is 61.2 Å². The van der Waals surface area contributed by atoms with Crippen LogP contribution in [0, 0.1) is 0 Å². The van der Waals surface area contributed by atoms with E-state index in [0.29, 0.717) is 5.69 Å². The number of methoxy groups -OCH3 is 1. The Morgan fingerprint density at radius 1 is 1.62 bits per heavy atom. The molecule has 0 bridgehead atoms. The zero-order chi connectivity index (χ0) is 12.3. The van der Waals surface area contributed by atoms with Gasteiger partial charge >= 0.3 is 0 Å². The molecule has 1 unspecified atom stereocenters. The van der Waals surface area contributed by atoms with Gasteiger partial charge in [0, 0.05) is 23.8 Å². The summed E-state index contributed by atoms with van der Waals surface area (Å²) < 4.78 is 29.2. The molecule has 1 aromatic heterocycles. The first-order valence-corrected chi connectivity index (χ1v) is 7.22. The van der Waals surface area contributed by atoms with E-state index in [9.17, 15) is 8.42 Å². The first kappa shape index (κ1) is 13.5. The van der Waals surface area contributed by atoms with Crippen LogP contribution in [0.5, 0.6) is 0 Å². The van der Waals surface area contributed by atoms with Crippen LogP contribution in [0.3, 0.4) is 0 Å². The lowest BCUT2D eigenvalue weighted by atomic mass is 10.2. The summed E-state index contributed by atoms with van der Waals surface area (Å²) in [6.45, 7) is 4.13. The Hall–Kier alpha value is -0.590. The highest BCUT2D eigenvalue weighted by molar-refractivity contribution is 8.13. The molecular formula is C9H15ClN2O3S. The van der Waals surface area contributed by atoms with Crippen LogP contribution in [0.25, 0.3) is 0 Å². The van der Waals surface area contributed by atoms with Crippen molar-refractivity contribution >= 4 is 19.7 Å². The Balaban J connectivity index is 3.27. The summed E-state index contributed by atoms with van der Waals surface area (Å²) in [5.41, 5.74) is 0.492. The molecule has 1 aromatic rings. The lowest BCUT2D eigenvalue weighted by Crippen LogP contribution is -2.11. The van der Waals surface area contributed by atoms with Crippen LogP contribution in [0.15, 0.2) is 11.1 Å². The van der Waals surface area contributed by atoms with E-state index in [2.05, 4.69) is 5.10 Å². The van der Waals surface area contributed by atoms with Crippen molar-refractivity contribution in [3.63, 3.8) is 0 Å². The van der Waals surface area contributed by atoms with E-state index >= 15 is 0 Å². The van der Waals surface area contributed by atoms with Crippen molar-refractivity contribution in [2.75, 3.05) is 7.11 Å². The number of nitrogens with zero attached hydrogens (tertiary/aromatic N) is 2. The van der Waals surface area contributed by atoms with Crippen molar-refractivity contribution in [3.8, 4) is 0 Å². The Morgan fingerprint density at radius 2 is 2.25 bits per heavy atom. The highest BCUT2D eigenvalue weighted by Crippen LogP contribution is 2.23. The summed E-state index contributed by atoms with van der Waals surface area (Å²) in [5.74, 6) is 0. The maximum Gasteiger partial charge on any atom is 0.264 e. The smallest absolute Gasteiger partial charge is 0.264 e. The van der Waals surface area contributed by atoms with Gasteiger partial charge < -0.3 is 4.74 Å². The molecule has 0 spiro atoms. The lowest BCUT2D eigenvalue weighted by molar-refractivity contribution is 0.172. The van der Waals surface area contributed by atoms with Gasteiger partial charge in [0.2, 0.25) is 0 Å². The molecule has 0 saturated heterocycles. The fourth-order valence-electron chi connectivity index (χ4n) is 1.40. The second-order valence-electron chi connectivity index (χ2n) is 3.53. The highest BCUT2D eigenvalue weighted by Gasteiger charge is 2.22. The Morgan fingerprint density at radius 3 is 2.69 bits per heavy atom. The number of aromatic nitrogens is 2. The van der Waals surface area contributed by atoms with Crippen LogP contribution in [0.1, 0.15) is 32.0 Å². The fraction of sp³-hybridized carbons (Fsp3) is 0.667. The Labute approximate surface area is 99.8 Å². The standard InChI is InChI=1S/C9H15ClN2O3S/c1-4-7(2)12-8(6-15-3)9(5-11-12)16(10,13)14/h5,7H,4,6H2,1-3H3. The maximum atomic E-state index is 11.3. The van der Waals surface area contributed by atoms with Crippen molar-refractivity contribution in [2.24, 2.45) is 0 Å². The van der Waals surface area contributed by atoms with Crippen LogP contribution in [0.4, 0.5) is 0 Å². The SMILES string of the molecule is CCC(C)n1ncc(S(=O)(=O)Cl)c1COC. The van der Waals surface area contributed by atoms with Gasteiger partial charge in [-0.1, -0.05) is 6.92 Å². The normalized spacial score (nSPS) is 14.0. The summed E-state index contributed by atoms with van der Waals surface area (Å²) in [4.78, 5) is 0.0244. The van der Waals surface area contributed by atoms with Gasteiger partial charge in [0.1, 0.15) is 4.90 Å². The monoisotopic (exact) mass is 266 g/mol. The van der Waals surface area contributed by atoms with Gasteiger partial charge in [-0.25, -0.2) is 8.42 Å². The minimum Gasteiger partial charge on any atom is -0.378 e. The molecule has 0 N–H and O–H groups in total. The molecule has 0 aliphatic heterocycles. The largest absolute Gasteiger partial charge is 0.378 e. The molecule has 0 radical (unpaired) electrons. The second-order valence-corrected chi connectivity index (χ2v) is 6.06. The van der Waals surface area contributed by atoms with E-state index in [-0.39, 0.29) is 17.5 Å². The zero-order valence-corrected chi connectivity index (χ0v) is 11.0. The summed E-state index contributed by atoms with van der Waals surface area (Å²) >= 11 is 0. The van der Waals surface area contributed by atoms with Crippen LogP contribution in [0.2, 0.25) is 0 Å². The maximum absolute atomic E-state index is 11.3. The summed E-state index contributed by atoms with van der Waals surface area (Å²) in [5, 5.41) is 4.05. The molecular weight excluding hydrogens is 252 g/mol. The third-order valence-corrected chi connectivity index (χ3v) is 3.78. The van der Waals surface area contributed by atoms with Gasteiger partial charge in [-0.05, 0) is 13.3 Å². The van der Waals surface area contributed by atoms with E-state index in [1.165, 1.54) is 13.3 Å². The number of hydrogen-bond donors (Lipinski definition) is 0. The molecule has 1 atom stereocenters. The number of halogens is 1. The minimum atomic E-state index is -3.77. The molecule has 5 nitrogen and oxygen atoms in total. The lowest BCUT2D eigenvalue weighted by Gasteiger charge is -2.13. The Kier molecular flexibility index (Phi) is 4.35. The average Bonchev–Trinajstić information content (AvgIpc) is 2.60. The number of hydrogen-bond acceptors (Lipinski definition) is 4. The van der Waals surface area contributed by atoms with Gasteiger partial charge in [-0.3, -0.25) is 4.68 Å². The predicted molar refractivity (Wildman–Crippen MR) is 61.0 cm³/mol. The van der Waals surface area contributed by atoms with Crippen LogP contribution >= 0.6 is 10.7 Å². The molecule has 92 valence electrons. The molecule has 0 aromatic carbocycles. The molecule has 0 aliphatic rings. The average molecular weight is 267 g/mol. The van der Waals surface area contributed by atoms with Gasteiger partial charge in [-0.15, -0.1) is 0 Å². The number of rotatable bonds is 5. The van der Waals surface area contributed by atoms with Gasteiger partial charge in [0.05, 0.1) is 18.5 Å². The van der Waals surface area contributed by atoms with E-state index in [4.69, 9.17) is 15.4 Å². The summed E-state index contributed by atoms with van der Waals surface area (Å²) in [7, 11) is 3.05. The molecule has 0 amide bonds. The van der Waals surface area contributed by atoms with Gasteiger partial charge in [0.25, 0.3) is 9.05 Å².